The van der Waals surface area contributed by atoms with E-state index in [-0.39, 0.29) is 11.9 Å². The SMILES string of the molecule is Cc1ccc(C(Cc2ccc(F)cc2Br)NN)c(C)c1. The maximum atomic E-state index is 13.1. The fourth-order valence-corrected chi connectivity index (χ4v) is 2.90. The zero-order valence-electron chi connectivity index (χ0n) is 11.6. The summed E-state index contributed by atoms with van der Waals surface area (Å²) in [6, 6.07) is 11.0. The molecule has 2 rings (SSSR count). The minimum atomic E-state index is -0.246. The van der Waals surface area contributed by atoms with Crippen molar-refractivity contribution in [3.63, 3.8) is 0 Å². The molecule has 0 saturated heterocycles. The first-order chi connectivity index (χ1) is 9.51. The van der Waals surface area contributed by atoms with Gasteiger partial charge in [0.25, 0.3) is 0 Å². The van der Waals surface area contributed by atoms with Gasteiger partial charge in [-0.25, -0.2) is 4.39 Å². The Hall–Kier alpha value is -1.23. The standard InChI is InChI=1S/C16H18BrFN2/c1-10-3-6-14(11(2)7-10)16(20-19)8-12-4-5-13(18)9-15(12)17/h3-7,9,16,20H,8,19H2,1-2H3. The zero-order valence-corrected chi connectivity index (χ0v) is 13.2. The number of rotatable bonds is 4. The molecule has 4 heteroatoms. The van der Waals surface area contributed by atoms with Gasteiger partial charge in [0.05, 0.1) is 6.04 Å². The van der Waals surface area contributed by atoms with Crippen LogP contribution in [0.2, 0.25) is 0 Å². The van der Waals surface area contributed by atoms with Crippen molar-refractivity contribution in [1.29, 1.82) is 0 Å². The number of halogens is 2. The van der Waals surface area contributed by atoms with E-state index in [1.807, 2.05) is 0 Å². The first-order valence-electron chi connectivity index (χ1n) is 6.48. The lowest BCUT2D eigenvalue weighted by molar-refractivity contribution is 0.547. The molecule has 0 heterocycles. The molecule has 2 nitrogen and oxygen atoms in total. The van der Waals surface area contributed by atoms with Gasteiger partial charge in [-0.15, -0.1) is 0 Å². The predicted molar refractivity (Wildman–Crippen MR) is 83.8 cm³/mol. The summed E-state index contributed by atoms with van der Waals surface area (Å²) in [7, 11) is 0. The smallest absolute Gasteiger partial charge is 0.124 e. The number of nitrogens with two attached hydrogens (primary N) is 1. The Kier molecular flexibility index (Phi) is 4.91. The average molecular weight is 337 g/mol. The van der Waals surface area contributed by atoms with Crippen molar-refractivity contribution in [3.05, 3.63) is 68.9 Å². The second-order valence-electron chi connectivity index (χ2n) is 5.02. The lowest BCUT2D eigenvalue weighted by atomic mass is 9.94. The Morgan fingerprint density at radius 3 is 2.55 bits per heavy atom. The molecule has 0 amide bonds. The lowest BCUT2D eigenvalue weighted by Gasteiger charge is -2.20. The molecule has 0 fully saturated rings. The minimum Gasteiger partial charge on any atom is -0.271 e. The molecule has 0 aromatic heterocycles. The summed E-state index contributed by atoms with van der Waals surface area (Å²) in [5.74, 6) is 5.45. The fourth-order valence-electron chi connectivity index (χ4n) is 2.38. The van der Waals surface area contributed by atoms with Crippen molar-refractivity contribution in [2.24, 2.45) is 5.84 Å². The number of hydrogen-bond acceptors (Lipinski definition) is 2. The van der Waals surface area contributed by atoms with Crippen LogP contribution in [0.4, 0.5) is 4.39 Å². The highest BCUT2D eigenvalue weighted by Crippen LogP contribution is 2.26. The molecular weight excluding hydrogens is 319 g/mol. The average Bonchev–Trinajstić information content (AvgIpc) is 2.39. The molecular formula is C16H18BrFN2. The van der Waals surface area contributed by atoms with E-state index in [2.05, 4.69) is 53.4 Å². The van der Waals surface area contributed by atoms with Crippen molar-refractivity contribution < 1.29 is 4.39 Å². The van der Waals surface area contributed by atoms with Crippen molar-refractivity contribution in [2.45, 2.75) is 26.3 Å². The summed E-state index contributed by atoms with van der Waals surface area (Å²) >= 11 is 3.40. The van der Waals surface area contributed by atoms with Gasteiger partial charge in [0.2, 0.25) is 0 Å². The quantitative estimate of drug-likeness (QED) is 0.655. The van der Waals surface area contributed by atoms with Crippen LogP contribution in [0.1, 0.15) is 28.3 Å². The van der Waals surface area contributed by atoms with E-state index in [4.69, 9.17) is 5.84 Å². The van der Waals surface area contributed by atoms with Crippen LogP contribution in [0.3, 0.4) is 0 Å². The summed E-state index contributed by atoms with van der Waals surface area (Å²) in [5.41, 5.74) is 7.47. The van der Waals surface area contributed by atoms with Gasteiger partial charge in [-0.05, 0) is 49.1 Å². The molecule has 1 atom stereocenters. The summed E-state index contributed by atoms with van der Waals surface area (Å²) in [5, 5.41) is 0. The zero-order chi connectivity index (χ0) is 14.7. The molecule has 0 aliphatic carbocycles. The summed E-state index contributed by atoms with van der Waals surface area (Å²) in [6.07, 6.45) is 0.696. The highest BCUT2D eigenvalue weighted by molar-refractivity contribution is 9.10. The van der Waals surface area contributed by atoms with Crippen LogP contribution in [-0.2, 0) is 6.42 Å². The van der Waals surface area contributed by atoms with Crippen molar-refractivity contribution in [2.75, 3.05) is 0 Å². The van der Waals surface area contributed by atoms with Crippen LogP contribution >= 0.6 is 15.9 Å². The van der Waals surface area contributed by atoms with E-state index in [0.717, 1.165) is 15.6 Å². The van der Waals surface area contributed by atoms with E-state index in [1.54, 1.807) is 6.07 Å². The Morgan fingerprint density at radius 1 is 1.20 bits per heavy atom. The van der Waals surface area contributed by atoms with Crippen molar-refractivity contribution in [1.82, 2.24) is 5.43 Å². The highest BCUT2D eigenvalue weighted by atomic mass is 79.9. The molecule has 0 spiro atoms. The van der Waals surface area contributed by atoms with Crippen LogP contribution in [0.15, 0.2) is 40.9 Å². The normalized spacial score (nSPS) is 12.4. The Morgan fingerprint density at radius 2 is 1.95 bits per heavy atom. The Labute approximate surface area is 127 Å². The predicted octanol–water partition coefficient (Wildman–Crippen LogP) is 3.95. The van der Waals surface area contributed by atoms with E-state index in [9.17, 15) is 4.39 Å². The van der Waals surface area contributed by atoms with Crippen LogP contribution in [-0.4, -0.2) is 0 Å². The molecule has 106 valence electrons. The minimum absolute atomic E-state index is 0.00244. The van der Waals surface area contributed by atoms with Gasteiger partial charge >= 0.3 is 0 Å². The van der Waals surface area contributed by atoms with Gasteiger partial charge in [0.1, 0.15) is 5.82 Å². The largest absolute Gasteiger partial charge is 0.271 e. The second-order valence-corrected chi connectivity index (χ2v) is 5.87. The van der Waals surface area contributed by atoms with Crippen LogP contribution in [0.5, 0.6) is 0 Å². The number of aryl methyl sites for hydroxylation is 2. The van der Waals surface area contributed by atoms with Crippen molar-refractivity contribution in [3.8, 4) is 0 Å². The summed E-state index contributed by atoms with van der Waals surface area (Å²) in [4.78, 5) is 0. The molecule has 0 bridgehead atoms. The third-order valence-electron chi connectivity index (χ3n) is 3.44. The lowest BCUT2D eigenvalue weighted by Crippen LogP contribution is -2.30. The van der Waals surface area contributed by atoms with E-state index < -0.39 is 0 Å². The van der Waals surface area contributed by atoms with Gasteiger partial charge in [-0.3, -0.25) is 11.3 Å². The molecule has 2 aromatic rings. The third-order valence-corrected chi connectivity index (χ3v) is 4.18. The molecule has 0 aliphatic rings. The number of hydrogen-bond donors (Lipinski definition) is 2. The highest BCUT2D eigenvalue weighted by Gasteiger charge is 2.14. The number of hydrazine groups is 1. The molecule has 20 heavy (non-hydrogen) atoms. The molecule has 0 radical (unpaired) electrons. The first kappa shape index (κ1) is 15.2. The van der Waals surface area contributed by atoms with Gasteiger partial charge < -0.3 is 0 Å². The fraction of sp³-hybridized carbons (Fsp3) is 0.250. The summed E-state index contributed by atoms with van der Waals surface area (Å²) < 4.78 is 13.9. The monoisotopic (exact) mass is 336 g/mol. The Bertz CT molecular complexity index is 613. The molecule has 0 aliphatic heterocycles. The van der Waals surface area contributed by atoms with Crippen molar-refractivity contribution >= 4 is 15.9 Å². The topological polar surface area (TPSA) is 38.0 Å². The third kappa shape index (κ3) is 3.45. The van der Waals surface area contributed by atoms with Gasteiger partial charge in [-0.2, -0.15) is 0 Å². The maximum absolute atomic E-state index is 13.1. The summed E-state index contributed by atoms with van der Waals surface area (Å²) in [6.45, 7) is 4.14. The second kappa shape index (κ2) is 6.48. The Balaban J connectivity index is 2.28. The number of benzene rings is 2. The van der Waals surface area contributed by atoms with E-state index in [1.165, 1.54) is 23.3 Å². The molecule has 3 N–H and O–H groups in total. The van der Waals surface area contributed by atoms with E-state index in [0.29, 0.717) is 6.42 Å². The van der Waals surface area contributed by atoms with Gasteiger partial charge in [0, 0.05) is 4.47 Å². The molecule has 0 saturated carbocycles. The van der Waals surface area contributed by atoms with Gasteiger partial charge in [0.15, 0.2) is 0 Å². The first-order valence-corrected chi connectivity index (χ1v) is 7.27. The number of nitrogens with one attached hydrogen (secondary N) is 1. The van der Waals surface area contributed by atoms with Crippen LogP contribution < -0.4 is 11.3 Å². The van der Waals surface area contributed by atoms with E-state index >= 15 is 0 Å². The van der Waals surface area contributed by atoms with Gasteiger partial charge in [-0.1, -0.05) is 45.8 Å². The molecule has 1 unspecified atom stereocenters. The van der Waals surface area contributed by atoms with Crippen LogP contribution in [0, 0.1) is 19.7 Å². The molecule has 2 aromatic carbocycles. The van der Waals surface area contributed by atoms with Crippen LogP contribution in [0.25, 0.3) is 0 Å². The maximum Gasteiger partial charge on any atom is 0.124 e.